The minimum absolute atomic E-state index is 0.0953. The zero-order valence-corrected chi connectivity index (χ0v) is 16.3. The van der Waals surface area contributed by atoms with E-state index in [1.807, 2.05) is 24.4 Å². The van der Waals surface area contributed by atoms with Crippen molar-refractivity contribution in [3.63, 3.8) is 0 Å². The summed E-state index contributed by atoms with van der Waals surface area (Å²) in [4.78, 5) is 29.1. The molecule has 2 aromatic heterocycles. The number of aromatic nitrogens is 1. The second-order valence-electron chi connectivity index (χ2n) is 6.32. The first-order chi connectivity index (χ1) is 13.0. The average molecular weight is 392 g/mol. The van der Waals surface area contributed by atoms with Gasteiger partial charge >= 0.3 is 6.09 Å². The summed E-state index contributed by atoms with van der Waals surface area (Å²) in [6.07, 6.45) is 1.48. The van der Waals surface area contributed by atoms with Gasteiger partial charge in [0.15, 0.2) is 10.9 Å². The van der Waals surface area contributed by atoms with Gasteiger partial charge in [0.25, 0.3) is 0 Å². The van der Waals surface area contributed by atoms with Crippen LogP contribution in [0.4, 0.5) is 9.93 Å². The summed E-state index contributed by atoms with van der Waals surface area (Å²) < 4.78 is 10.8. The maximum Gasteiger partial charge on any atom is 0.409 e. The molecule has 0 unspecified atom stereocenters. The van der Waals surface area contributed by atoms with Crippen molar-refractivity contribution in [1.29, 1.82) is 0 Å². The number of carbonyl (C=O) groups excluding carboxylic acids is 2. The summed E-state index contributed by atoms with van der Waals surface area (Å²) in [6.45, 7) is 5.41. The molecule has 8 nitrogen and oxygen atoms in total. The first-order valence-corrected chi connectivity index (χ1v) is 9.90. The molecule has 1 saturated heterocycles. The fraction of sp³-hybridized carbons (Fsp3) is 0.500. The molecule has 1 aliphatic rings. The Bertz CT molecular complexity index is 780. The second kappa shape index (κ2) is 8.90. The third-order valence-electron chi connectivity index (χ3n) is 4.28. The Hall–Kier alpha value is -2.55. The molecule has 0 saturated carbocycles. The van der Waals surface area contributed by atoms with E-state index in [4.69, 9.17) is 9.15 Å². The molecular formula is C18H24N4O4S. The molecule has 2 aromatic rings. The number of thiazole rings is 1. The Morgan fingerprint density at radius 3 is 2.85 bits per heavy atom. The molecule has 0 radical (unpaired) electrons. The van der Waals surface area contributed by atoms with Gasteiger partial charge in [0.1, 0.15) is 11.5 Å². The van der Waals surface area contributed by atoms with Crippen molar-refractivity contribution in [2.24, 2.45) is 0 Å². The van der Waals surface area contributed by atoms with Gasteiger partial charge in [-0.25, -0.2) is 9.78 Å². The number of anilines is 1. The van der Waals surface area contributed by atoms with Crippen molar-refractivity contribution in [2.45, 2.75) is 39.3 Å². The normalized spacial score (nSPS) is 14.8. The Morgan fingerprint density at radius 2 is 2.15 bits per heavy atom. The van der Waals surface area contributed by atoms with Crippen LogP contribution in [0.5, 0.6) is 0 Å². The number of likely N-dealkylation sites (tertiary alicyclic amines) is 1. The van der Waals surface area contributed by atoms with E-state index in [2.05, 4.69) is 15.6 Å². The van der Waals surface area contributed by atoms with Crippen LogP contribution in [-0.2, 0) is 16.1 Å². The van der Waals surface area contributed by atoms with Gasteiger partial charge in [0.05, 0.1) is 13.2 Å². The van der Waals surface area contributed by atoms with Gasteiger partial charge in [-0.3, -0.25) is 4.79 Å². The lowest BCUT2D eigenvalue weighted by atomic mass is 10.1. The lowest BCUT2D eigenvalue weighted by Gasteiger charge is -2.31. The van der Waals surface area contributed by atoms with Crippen LogP contribution in [0, 0.1) is 0 Å². The molecule has 146 valence electrons. The van der Waals surface area contributed by atoms with E-state index in [0.29, 0.717) is 37.8 Å². The van der Waals surface area contributed by atoms with Gasteiger partial charge in [-0.05, 0) is 31.9 Å². The molecule has 3 rings (SSSR count). The molecule has 1 fully saturated rings. The fourth-order valence-corrected chi connectivity index (χ4v) is 3.65. The number of amides is 2. The molecule has 2 amide bonds. The molecule has 0 aromatic carbocycles. The van der Waals surface area contributed by atoms with E-state index in [0.717, 1.165) is 23.7 Å². The van der Waals surface area contributed by atoms with E-state index in [9.17, 15) is 9.59 Å². The molecule has 9 heteroatoms. The Kier molecular flexibility index (Phi) is 6.33. The van der Waals surface area contributed by atoms with Crippen molar-refractivity contribution in [1.82, 2.24) is 15.2 Å². The summed E-state index contributed by atoms with van der Waals surface area (Å²) in [5.41, 5.74) is 0.764. The monoisotopic (exact) mass is 392 g/mol. The third kappa shape index (κ3) is 5.22. The zero-order chi connectivity index (χ0) is 19.2. The van der Waals surface area contributed by atoms with E-state index < -0.39 is 0 Å². The first-order valence-electron chi connectivity index (χ1n) is 9.02. The minimum atomic E-state index is -0.236. The van der Waals surface area contributed by atoms with Crippen LogP contribution in [0.2, 0.25) is 0 Å². The van der Waals surface area contributed by atoms with Gasteiger partial charge < -0.3 is 24.7 Å². The topological polar surface area (TPSA) is 96.7 Å². The molecule has 2 N–H and O–H groups in total. The number of hydrogen-bond acceptors (Lipinski definition) is 7. The SMILES string of the molecule is CCOC(=O)N1CCC(Nc2nc(-c3ccc(CNC(C)=O)o3)cs2)CC1. The van der Waals surface area contributed by atoms with Gasteiger partial charge in [-0.1, -0.05) is 0 Å². The number of nitrogens with one attached hydrogen (secondary N) is 2. The van der Waals surface area contributed by atoms with E-state index in [1.54, 1.807) is 4.90 Å². The predicted octanol–water partition coefficient (Wildman–Crippen LogP) is 3.07. The highest BCUT2D eigenvalue weighted by Gasteiger charge is 2.24. The second-order valence-corrected chi connectivity index (χ2v) is 7.18. The third-order valence-corrected chi connectivity index (χ3v) is 5.05. The summed E-state index contributed by atoms with van der Waals surface area (Å²) in [5.74, 6) is 1.27. The highest BCUT2D eigenvalue weighted by Crippen LogP contribution is 2.28. The molecular weight excluding hydrogens is 368 g/mol. The quantitative estimate of drug-likeness (QED) is 0.784. The summed E-state index contributed by atoms with van der Waals surface area (Å²) in [5, 5.41) is 8.92. The first kappa shape index (κ1) is 19.2. The molecule has 0 atom stereocenters. The summed E-state index contributed by atoms with van der Waals surface area (Å²) in [7, 11) is 0. The van der Waals surface area contributed by atoms with E-state index >= 15 is 0 Å². The number of hydrogen-bond donors (Lipinski definition) is 2. The predicted molar refractivity (Wildman–Crippen MR) is 103 cm³/mol. The number of piperidine rings is 1. The smallest absolute Gasteiger partial charge is 0.409 e. The largest absolute Gasteiger partial charge is 0.458 e. The van der Waals surface area contributed by atoms with Crippen LogP contribution in [-0.4, -0.2) is 47.6 Å². The number of furan rings is 1. The van der Waals surface area contributed by atoms with Crippen LogP contribution in [0.1, 0.15) is 32.4 Å². The van der Waals surface area contributed by atoms with Crippen LogP contribution < -0.4 is 10.6 Å². The van der Waals surface area contributed by atoms with Gasteiger partial charge in [0.2, 0.25) is 5.91 Å². The van der Waals surface area contributed by atoms with E-state index in [1.165, 1.54) is 18.3 Å². The van der Waals surface area contributed by atoms with Crippen molar-refractivity contribution in [3.05, 3.63) is 23.3 Å². The Balaban J connectivity index is 1.51. The molecule has 0 spiro atoms. The fourth-order valence-electron chi connectivity index (χ4n) is 2.87. The number of carbonyl (C=O) groups is 2. The van der Waals surface area contributed by atoms with Crippen molar-refractivity contribution >= 4 is 28.5 Å². The van der Waals surface area contributed by atoms with Crippen LogP contribution in [0.15, 0.2) is 21.9 Å². The standard InChI is InChI=1S/C18H24N4O4S/c1-3-25-18(24)22-8-6-13(7-9-22)20-17-21-15(11-27-17)16-5-4-14(26-16)10-19-12(2)23/h4-5,11,13H,3,6-10H2,1-2H3,(H,19,23)(H,20,21). The molecule has 27 heavy (non-hydrogen) atoms. The number of nitrogens with zero attached hydrogens (tertiary/aromatic N) is 2. The van der Waals surface area contributed by atoms with Crippen LogP contribution in [0.25, 0.3) is 11.5 Å². The average Bonchev–Trinajstić information content (AvgIpc) is 3.30. The van der Waals surface area contributed by atoms with Gasteiger partial charge in [-0.15, -0.1) is 11.3 Å². The van der Waals surface area contributed by atoms with Crippen molar-refractivity contribution in [3.8, 4) is 11.5 Å². The van der Waals surface area contributed by atoms with Crippen LogP contribution in [0.3, 0.4) is 0 Å². The molecule has 1 aliphatic heterocycles. The maximum absolute atomic E-state index is 11.7. The molecule has 0 bridgehead atoms. The minimum Gasteiger partial charge on any atom is -0.458 e. The van der Waals surface area contributed by atoms with Gasteiger partial charge in [-0.2, -0.15) is 0 Å². The van der Waals surface area contributed by atoms with Crippen molar-refractivity contribution < 1.29 is 18.7 Å². The van der Waals surface area contributed by atoms with Gasteiger partial charge in [0, 0.05) is 31.4 Å². The molecule has 3 heterocycles. The Morgan fingerprint density at radius 1 is 1.37 bits per heavy atom. The van der Waals surface area contributed by atoms with Crippen LogP contribution >= 0.6 is 11.3 Å². The zero-order valence-electron chi connectivity index (χ0n) is 15.5. The van der Waals surface area contributed by atoms with Crippen molar-refractivity contribution in [2.75, 3.05) is 25.0 Å². The summed E-state index contributed by atoms with van der Waals surface area (Å²) >= 11 is 1.52. The number of rotatable bonds is 6. The highest BCUT2D eigenvalue weighted by atomic mass is 32.1. The maximum atomic E-state index is 11.7. The lowest BCUT2D eigenvalue weighted by Crippen LogP contribution is -2.42. The highest BCUT2D eigenvalue weighted by molar-refractivity contribution is 7.14. The lowest BCUT2D eigenvalue weighted by molar-refractivity contribution is -0.119. The van der Waals surface area contributed by atoms with E-state index in [-0.39, 0.29) is 18.0 Å². The summed E-state index contributed by atoms with van der Waals surface area (Å²) in [6, 6.07) is 3.97. The number of ether oxygens (including phenoxy) is 1. The Labute approximate surface area is 161 Å². The molecule has 0 aliphatic carbocycles.